The average Bonchev–Trinajstić information content (AvgIpc) is 2.47. The van der Waals surface area contributed by atoms with Crippen molar-refractivity contribution < 1.29 is 23.4 Å². The molecule has 0 aromatic heterocycles. The van der Waals surface area contributed by atoms with Crippen molar-refractivity contribution in [3.05, 3.63) is 12.7 Å². The summed E-state index contributed by atoms with van der Waals surface area (Å²) in [6.07, 6.45) is 4.92. The standard InChI is InChI=1S/C14H28O5Si/c1-4-9-17-14(18-10-5-2)19-20-12-8-7-11-16-13(15)6-3/h6,14H,3-5,7-12,20H2,1-2H3. The van der Waals surface area contributed by atoms with Crippen LogP contribution >= 0.6 is 0 Å². The molecule has 0 amide bonds. The lowest BCUT2D eigenvalue weighted by Gasteiger charge is -2.18. The van der Waals surface area contributed by atoms with Crippen molar-refractivity contribution >= 4 is 15.7 Å². The third kappa shape index (κ3) is 12.3. The summed E-state index contributed by atoms with van der Waals surface area (Å²) in [5.74, 6) is -0.362. The molecule has 0 heterocycles. The normalized spacial score (nSPS) is 11.3. The summed E-state index contributed by atoms with van der Waals surface area (Å²) in [6.45, 7) is 8.70. The zero-order chi connectivity index (χ0) is 15.1. The highest BCUT2D eigenvalue weighted by molar-refractivity contribution is 6.27. The van der Waals surface area contributed by atoms with Crippen molar-refractivity contribution in [1.29, 1.82) is 0 Å². The van der Waals surface area contributed by atoms with E-state index in [0.29, 0.717) is 19.8 Å². The Balaban J connectivity index is 3.51. The minimum atomic E-state index is -0.655. The minimum absolute atomic E-state index is 0.362. The molecule has 118 valence electrons. The summed E-state index contributed by atoms with van der Waals surface area (Å²) in [7, 11) is -0.655. The summed E-state index contributed by atoms with van der Waals surface area (Å²) in [6, 6.07) is 1.02. The maximum atomic E-state index is 10.8. The van der Waals surface area contributed by atoms with E-state index in [2.05, 4.69) is 20.4 Å². The first kappa shape index (κ1) is 19.3. The first-order chi connectivity index (χ1) is 9.74. The molecule has 0 aliphatic rings. The summed E-state index contributed by atoms with van der Waals surface area (Å²) >= 11 is 0. The van der Waals surface area contributed by atoms with Crippen molar-refractivity contribution in [2.24, 2.45) is 0 Å². The second kappa shape index (κ2) is 14.7. The molecule has 0 aromatic carbocycles. The van der Waals surface area contributed by atoms with Crippen molar-refractivity contribution in [3.8, 4) is 0 Å². The molecule has 6 heteroatoms. The Morgan fingerprint density at radius 1 is 1.15 bits per heavy atom. The van der Waals surface area contributed by atoms with Crippen LogP contribution in [-0.4, -0.2) is 42.0 Å². The quantitative estimate of drug-likeness (QED) is 0.162. The highest BCUT2D eigenvalue weighted by Crippen LogP contribution is 2.03. The molecule has 0 fully saturated rings. The molecule has 0 unspecified atom stereocenters. The predicted octanol–water partition coefficient (Wildman–Crippen LogP) is 2.15. The summed E-state index contributed by atoms with van der Waals surface area (Å²) in [4.78, 5) is 10.8. The fourth-order valence-electron chi connectivity index (χ4n) is 1.36. The molecule has 0 rings (SSSR count). The first-order valence-corrected chi connectivity index (χ1v) is 8.96. The zero-order valence-corrected chi connectivity index (χ0v) is 14.2. The molecule has 0 atom stereocenters. The van der Waals surface area contributed by atoms with Gasteiger partial charge in [-0.15, -0.1) is 0 Å². The Morgan fingerprint density at radius 3 is 2.35 bits per heavy atom. The third-order valence-electron chi connectivity index (χ3n) is 2.37. The van der Waals surface area contributed by atoms with Gasteiger partial charge in [0.25, 0.3) is 6.48 Å². The van der Waals surface area contributed by atoms with Gasteiger partial charge in [0.2, 0.25) is 0 Å². The molecule has 0 bridgehead atoms. The van der Waals surface area contributed by atoms with Gasteiger partial charge in [0, 0.05) is 6.08 Å². The zero-order valence-electron chi connectivity index (χ0n) is 12.8. The van der Waals surface area contributed by atoms with Crippen molar-refractivity contribution in [2.75, 3.05) is 19.8 Å². The molecule has 0 radical (unpaired) electrons. The van der Waals surface area contributed by atoms with Gasteiger partial charge >= 0.3 is 5.97 Å². The number of unbranched alkanes of at least 4 members (excludes halogenated alkanes) is 1. The van der Waals surface area contributed by atoms with Crippen LogP contribution in [0, 0.1) is 0 Å². The fraction of sp³-hybridized carbons (Fsp3) is 0.786. The Bertz CT molecular complexity index is 240. The van der Waals surface area contributed by atoms with Gasteiger partial charge in [-0.25, -0.2) is 4.79 Å². The molecule has 5 nitrogen and oxygen atoms in total. The fourth-order valence-corrected chi connectivity index (χ4v) is 2.47. The average molecular weight is 304 g/mol. The number of esters is 1. The molecular weight excluding hydrogens is 276 g/mol. The highest BCUT2D eigenvalue weighted by Gasteiger charge is 2.08. The molecule has 0 saturated carbocycles. The highest BCUT2D eigenvalue weighted by atomic mass is 28.2. The predicted molar refractivity (Wildman–Crippen MR) is 81.1 cm³/mol. The maximum Gasteiger partial charge on any atom is 0.330 e. The SMILES string of the molecule is C=CC(=O)OCCCC[SiH2]OC(OCCC)OCCC. The molecule has 0 aliphatic heterocycles. The van der Waals surface area contributed by atoms with Gasteiger partial charge in [-0.3, -0.25) is 0 Å². The van der Waals surface area contributed by atoms with E-state index in [4.69, 9.17) is 18.6 Å². The summed E-state index contributed by atoms with van der Waals surface area (Å²) in [5.41, 5.74) is 0. The van der Waals surface area contributed by atoms with Crippen LogP contribution in [0.2, 0.25) is 6.04 Å². The van der Waals surface area contributed by atoms with E-state index in [1.54, 1.807) is 0 Å². The summed E-state index contributed by atoms with van der Waals surface area (Å²) in [5, 5.41) is 0. The van der Waals surface area contributed by atoms with Gasteiger partial charge in [-0.1, -0.05) is 26.8 Å². The van der Waals surface area contributed by atoms with Crippen molar-refractivity contribution in [1.82, 2.24) is 0 Å². The number of ether oxygens (including phenoxy) is 3. The van der Waals surface area contributed by atoms with E-state index in [9.17, 15) is 4.79 Å². The van der Waals surface area contributed by atoms with Crippen LogP contribution in [0.3, 0.4) is 0 Å². The molecular formula is C14H28O5Si. The Kier molecular flexibility index (Phi) is 14.2. The van der Waals surface area contributed by atoms with Crippen LogP contribution in [0.15, 0.2) is 12.7 Å². The van der Waals surface area contributed by atoms with E-state index in [1.165, 1.54) is 6.08 Å². The largest absolute Gasteiger partial charge is 0.463 e. The number of hydrogen-bond acceptors (Lipinski definition) is 5. The molecule has 20 heavy (non-hydrogen) atoms. The molecule has 0 N–H and O–H groups in total. The van der Waals surface area contributed by atoms with Crippen LogP contribution in [0.5, 0.6) is 0 Å². The Labute approximate surface area is 124 Å². The van der Waals surface area contributed by atoms with Crippen LogP contribution in [0.4, 0.5) is 0 Å². The van der Waals surface area contributed by atoms with Gasteiger partial charge < -0.3 is 18.6 Å². The third-order valence-corrected chi connectivity index (χ3v) is 3.67. The number of carbonyl (C=O) groups is 1. The minimum Gasteiger partial charge on any atom is -0.463 e. The second-order valence-corrected chi connectivity index (χ2v) is 5.78. The van der Waals surface area contributed by atoms with E-state index in [-0.39, 0.29) is 5.97 Å². The number of carbonyl (C=O) groups excluding carboxylic acids is 1. The number of rotatable bonds is 14. The molecule has 0 saturated heterocycles. The molecule has 0 aromatic rings. The topological polar surface area (TPSA) is 54.0 Å². The maximum absolute atomic E-state index is 10.8. The second-order valence-electron chi connectivity index (χ2n) is 4.33. The van der Waals surface area contributed by atoms with Crippen LogP contribution in [-0.2, 0) is 23.4 Å². The van der Waals surface area contributed by atoms with Crippen molar-refractivity contribution in [3.63, 3.8) is 0 Å². The van der Waals surface area contributed by atoms with Gasteiger partial charge in [0.05, 0.1) is 19.8 Å². The van der Waals surface area contributed by atoms with Gasteiger partial charge in [0.1, 0.15) is 0 Å². The van der Waals surface area contributed by atoms with Crippen LogP contribution in [0.1, 0.15) is 39.5 Å². The lowest BCUT2D eigenvalue weighted by molar-refractivity contribution is -0.247. The monoisotopic (exact) mass is 304 g/mol. The lowest BCUT2D eigenvalue weighted by atomic mass is 10.4. The van der Waals surface area contributed by atoms with E-state index >= 15 is 0 Å². The summed E-state index contributed by atoms with van der Waals surface area (Å²) < 4.78 is 21.5. The Morgan fingerprint density at radius 2 is 1.80 bits per heavy atom. The first-order valence-electron chi connectivity index (χ1n) is 7.38. The van der Waals surface area contributed by atoms with Crippen LogP contribution in [0.25, 0.3) is 0 Å². The molecule has 0 spiro atoms. The Hall–Kier alpha value is -0.693. The van der Waals surface area contributed by atoms with Gasteiger partial charge in [-0.2, -0.15) is 0 Å². The number of hydrogen-bond donors (Lipinski definition) is 0. The van der Waals surface area contributed by atoms with Crippen LogP contribution < -0.4 is 0 Å². The molecule has 0 aliphatic carbocycles. The van der Waals surface area contributed by atoms with Gasteiger partial charge in [-0.05, 0) is 25.3 Å². The van der Waals surface area contributed by atoms with E-state index < -0.39 is 16.2 Å². The van der Waals surface area contributed by atoms with E-state index in [1.807, 2.05) is 0 Å². The lowest BCUT2D eigenvalue weighted by Crippen LogP contribution is -2.24. The van der Waals surface area contributed by atoms with E-state index in [0.717, 1.165) is 31.7 Å². The van der Waals surface area contributed by atoms with Gasteiger partial charge in [0.15, 0.2) is 9.76 Å². The van der Waals surface area contributed by atoms with Crippen molar-refractivity contribution in [2.45, 2.75) is 52.1 Å². The smallest absolute Gasteiger partial charge is 0.330 e.